The molecule has 1 N–H and O–H groups in total. The molecule has 1 aromatic carbocycles. The fourth-order valence-electron chi connectivity index (χ4n) is 2.84. The van der Waals surface area contributed by atoms with Crippen molar-refractivity contribution in [2.45, 2.75) is 12.2 Å². The van der Waals surface area contributed by atoms with Crippen LogP contribution in [0.2, 0.25) is 10.0 Å². The van der Waals surface area contributed by atoms with Crippen LogP contribution in [0.15, 0.2) is 28.3 Å². The summed E-state index contributed by atoms with van der Waals surface area (Å²) in [7, 11) is 2.95. The standard InChI is InChI=1S/C16H16Cl2N6O3/c1-22-14-13(15(26)23(2)16(22)27)24(8-19-14)7-11(25)21-20-6-9-4-3-5-10(17)12(9)18/h3-6,8,13-14H,7H2,1-2H3,(H,21,25)/b20-6+. The lowest BCUT2D eigenvalue weighted by molar-refractivity contribution is -0.136. The van der Waals surface area contributed by atoms with E-state index in [0.717, 1.165) is 4.90 Å². The predicted octanol–water partition coefficient (Wildman–Crippen LogP) is 1.01. The van der Waals surface area contributed by atoms with Crippen LogP contribution in [0.25, 0.3) is 0 Å². The number of amides is 4. The topological polar surface area (TPSA) is 97.7 Å². The van der Waals surface area contributed by atoms with E-state index in [1.165, 1.54) is 29.4 Å². The van der Waals surface area contributed by atoms with Gasteiger partial charge in [-0.05, 0) is 6.07 Å². The van der Waals surface area contributed by atoms with Crippen molar-refractivity contribution in [1.29, 1.82) is 0 Å². The van der Waals surface area contributed by atoms with Crippen LogP contribution in [0.5, 0.6) is 0 Å². The van der Waals surface area contributed by atoms with Crippen molar-refractivity contribution in [1.82, 2.24) is 20.1 Å². The van der Waals surface area contributed by atoms with Crippen LogP contribution < -0.4 is 5.43 Å². The summed E-state index contributed by atoms with van der Waals surface area (Å²) in [4.78, 5) is 44.5. The molecule has 4 amide bonds. The lowest BCUT2D eigenvalue weighted by Crippen LogP contribution is -2.64. The highest BCUT2D eigenvalue weighted by Crippen LogP contribution is 2.25. The Morgan fingerprint density at radius 1 is 1.33 bits per heavy atom. The lowest BCUT2D eigenvalue weighted by Gasteiger charge is -2.39. The Kier molecular flexibility index (Phi) is 5.33. The summed E-state index contributed by atoms with van der Waals surface area (Å²) in [6.07, 6.45) is 2.12. The average molecular weight is 411 g/mol. The molecule has 1 aromatic rings. The van der Waals surface area contributed by atoms with Crippen molar-refractivity contribution in [3.63, 3.8) is 0 Å². The molecule has 2 atom stereocenters. The predicted molar refractivity (Wildman–Crippen MR) is 101 cm³/mol. The molecule has 3 rings (SSSR count). The molecule has 2 aliphatic heterocycles. The van der Waals surface area contributed by atoms with E-state index in [1.807, 2.05) is 0 Å². The zero-order valence-corrected chi connectivity index (χ0v) is 16.0. The van der Waals surface area contributed by atoms with Crippen LogP contribution in [-0.2, 0) is 9.59 Å². The van der Waals surface area contributed by atoms with E-state index in [2.05, 4.69) is 15.5 Å². The van der Waals surface area contributed by atoms with Gasteiger partial charge in [0, 0.05) is 19.7 Å². The number of likely N-dealkylation sites (N-methyl/N-ethyl adjacent to an activating group) is 2. The maximum absolute atomic E-state index is 12.4. The highest BCUT2D eigenvalue weighted by Gasteiger charge is 2.48. The number of benzene rings is 1. The van der Waals surface area contributed by atoms with Crippen molar-refractivity contribution in [2.75, 3.05) is 20.6 Å². The number of aliphatic imine (C=N–C) groups is 1. The molecule has 142 valence electrons. The van der Waals surface area contributed by atoms with E-state index in [4.69, 9.17) is 23.2 Å². The highest BCUT2D eigenvalue weighted by atomic mass is 35.5. The molecule has 2 aliphatic rings. The summed E-state index contributed by atoms with van der Waals surface area (Å²) in [6, 6.07) is 3.87. The molecule has 2 heterocycles. The largest absolute Gasteiger partial charge is 0.338 e. The molecule has 9 nitrogen and oxygen atoms in total. The molecule has 27 heavy (non-hydrogen) atoms. The second kappa shape index (κ2) is 7.53. The monoisotopic (exact) mass is 410 g/mol. The van der Waals surface area contributed by atoms with Crippen molar-refractivity contribution in [3.8, 4) is 0 Å². The Balaban J connectivity index is 1.62. The zero-order valence-electron chi connectivity index (χ0n) is 14.5. The van der Waals surface area contributed by atoms with Gasteiger partial charge in [0.15, 0.2) is 12.2 Å². The van der Waals surface area contributed by atoms with Gasteiger partial charge >= 0.3 is 6.03 Å². The van der Waals surface area contributed by atoms with Gasteiger partial charge in [0.2, 0.25) is 0 Å². The number of urea groups is 1. The number of carbonyl (C=O) groups is 3. The number of fused-ring (bicyclic) bond motifs is 1. The third-order valence-corrected chi connectivity index (χ3v) is 5.11. The second-order valence-electron chi connectivity index (χ2n) is 6.02. The third-order valence-electron chi connectivity index (χ3n) is 4.28. The van der Waals surface area contributed by atoms with Gasteiger partial charge < -0.3 is 9.80 Å². The van der Waals surface area contributed by atoms with E-state index in [0.29, 0.717) is 15.6 Å². The minimum Gasteiger partial charge on any atom is -0.338 e. The fourth-order valence-corrected chi connectivity index (χ4v) is 3.19. The minimum atomic E-state index is -0.741. The van der Waals surface area contributed by atoms with Crippen LogP contribution in [0.4, 0.5) is 4.79 Å². The number of nitrogens with zero attached hydrogens (tertiary/aromatic N) is 5. The van der Waals surface area contributed by atoms with E-state index < -0.39 is 30.1 Å². The van der Waals surface area contributed by atoms with E-state index >= 15 is 0 Å². The molecule has 2 unspecified atom stereocenters. The summed E-state index contributed by atoms with van der Waals surface area (Å²) in [6.45, 7) is -0.146. The Morgan fingerprint density at radius 3 is 2.81 bits per heavy atom. The van der Waals surface area contributed by atoms with Crippen LogP contribution in [0.1, 0.15) is 5.56 Å². The molecule has 0 spiro atoms. The molecule has 1 saturated heterocycles. The summed E-state index contributed by atoms with van der Waals surface area (Å²) in [5.41, 5.74) is 2.92. The van der Waals surface area contributed by atoms with Gasteiger partial charge in [0.05, 0.1) is 22.6 Å². The van der Waals surface area contributed by atoms with E-state index in [-0.39, 0.29) is 6.54 Å². The Bertz CT molecular complexity index is 859. The summed E-state index contributed by atoms with van der Waals surface area (Å²) in [5, 5.41) is 4.56. The number of nitrogens with one attached hydrogen (secondary N) is 1. The van der Waals surface area contributed by atoms with Gasteiger partial charge in [-0.1, -0.05) is 35.3 Å². The molecular formula is C16H16Cl2N6O3. The SMILES string of the molecule is CN1C(=O)C2C(N=CN2CC(=O)N/N=C/c2cccc(Cl)c2Cl)N(C)C1=O. The average Bonchev–Trinajstić information content (AvgIpc) is 3.05. The Morgan fingerprint density at radius 2 is 2.07 bits per heavy atom. The van der Waals surface area contributed by atoms with Crippen LogP contribution in [0, 0.1) is 0 Å². The van der Waals surface area contributed by atoms with E-state index in [9.17, 15) is 14.4 Å². The number of carbonyl (C=O) groups excluding carboxylic acids is 3. The van der Waals surface area contributed by atoms with Crippen LogP contribution >= 0.6 is 23.2 Å². The number of hydrogen-bond donors (Lipinski definition) is 1. The molecule has 11 heteroatoms. The van der Waals surface area contributed by atoms with Gasteiger partial charge in [0.25, 0.3) is 11.8 Å². The normalized spacial score (nSPS) is 22.0. The first-order chi connectivity index (χ1) is 12.8. The molecule has 0 aliphatic carbocycles. The van der Waals surface area contributed by atoms with Crippen LogP contribution in [0.3, 0.4) is 0 Å². The lowest BCUT2D eigenvalue weighted by atomic mass is 10.1. The van der Waals surface area contributed by atoms with Crippen molar-refractivity contribution >= 4 is 53.6 Å². The maximum atomic E-state index is 12.4. The fraction of sp³-hybridized carbons (Fsp3) is 0.312. The Hall–Kier alpha value is -2.65. The third kappa shape index (κ3) is 3.60. The van der Waals surface area contributed by atoms with Crippen molar-refractivity contribution < 1.29 is 14.4 Å². The van der Waals surface area contributed by atoms with Gasteiger partial charge in [-0.2, -0.15) is 5.10 Å². The second-order valence-corrected chi connectivity index (χ2v) is 6.81. The van der Waals surface area contributed by atoms with Crippen molar-refractivity contribution in [2.24, 2.45) is 10.1 Å². The minimum absolute atomic E-state index is 0.146. The van der Waals surface area contributed by atoms with Gasteiger partial charge in [0.1, 0.15) is 6.54 Å². The summed E-state index contributed by atoms with van der Waals surface area (Å²) >= 11 is 12.0. The van der Waals surface area contributed by atoms with Gasteiger partial charge in [-0.3, -0.25) is 14.5 Å². The van der Waals surface area contributed by atoms with Gasteiger partial charge in [-0.25, -0.2) is 15.2 Å². The first-order valence-corrected chi connectivity index (χ1v) is 8.66. The maximum Gasteiger partial charge on any atom is 0.328 e. The van der Waals surface area contributed by atoms with Gasteiger partial charge in [-0.15, -0.1) is 0 Å². The molecule has 0 saturated carbocycles. The number of halogens is 2. The number of imide groups is 1. The van der Waals surface area contributed by atoms with Crippen LogP contribution in [-0.4, -0.2) is 77.9 Å². The highest BCUT2D eigenvalue weighted by molar-refractivity contribution is 6.43. The summed E-state index contributed by atoms with van der Waals surface area (Å²) < 4.78 is 0. The molecule has 0 aromatic heterocycles. The first-order valence-electron chi connectivity index (χ1n) is 7.90. The first kappa shape index (κ1) is 19.1. The number of hydrogen-bond acceptors (Lipinski definition) is 6. The number of rotatable bonds is 4. The Labute approximate surface area is 165 Å². The molecule has 1 fully saturated rings. The molecular weight excluding hydrogens is 395 g/mol. The zero-order chi connectivity index (χ0) is 19.7. The smallest absolute Gasteiger partial charge is 0.328 e. The molecule has 0 bridgehead atoms. The quantitative estimate of drug-likeness (QED) is 0.591. The van der Waals surface area contributed by atoms with E-state index in [1.54, 1.807) is 25.2 Å². The number of hydrazone groups is 1. The molecule has 0 radical (unpaired) electrons. The summed E-state index contributed by atoms with van der Waals surface area (Å²) in [5.74, 6) is -0.867. The van der Waals surface area contributed by atoms with Crippen molar-refractivity contribution in [3.05, 3.63) is 33.8 Å².